The van der Waals surface area contributed by atoms with Gasteiger partial charge in [-0.15, -0.1) is 0 Å². The Morgan fingerprint density at radius 3 is 2.45 bits per heavy atom. The highest BCUT2D eigenvalue weighted by Gasteiger charge is 2.18. The van der Waals surface area contributed by atoms with Crippen molar-refractivity contribution in [1.29, 1.82) is 0 Å². The van der Waals surface area contributed by atoms with E-state index in [-0.39, 0.29) is 5.57 Å². The summed E-state index contributed by atoms with van der Waals surface area (Å²) in [4.78, 5) is 27.4. The summed E-state index contributed by atoms with van der Waals surface area (Å²) in [6.45, 7) is 0. The average molecular weight is 332 g/mol. The molecule has 0 saturated heterocycles. The lowest BCUT2D eigenvalue weighted by atomic mass is 10.0. The van der Waals surface area contributed by atoms with Gasteiger partial charge in [0.05, 0.1) is 0 Å². The fraction of sp³-hybridized carbons (Fsp3) is 0. The van der Waals surface area contributed by atoms with Crippen LogP contribution in [0.2, 0.25) is 0 Å². The first-order valence-electron chi connectivity index (χ1n) is 5.73. The summed E-state index contributed by atoms with van der Waals surface area (Å²) in [7, 11) is 0. The fourth-order valence-corrected chi connectivity index (χ4v) is 2.03. The quantitative estimate of drug-likeness (QED) is 0.404. The maximum atomic E-state index is 12.2. The molecule has 0 aliphatic carbocycles. The highest BCUT2D eigenvalue weighted by molar-refractivity contribution is 9.10. The molecule has 20 heavy (non-hydrogen) atoms. The van der Waals surface area contributed by atoms with Crippen LogP contribution in [0.3, 0.4) is 0 Å². The Labute approximate surface area is 123 Å². The predicted molar refractivity (Wildman–Crippen MR) is 78.3 cm³/mol. The molecule has 2 aromatic rings. The number of carbonyl (C=O) groups is 2. The van der Waals surface area contributed by atoms with Gasteiger partial charge in [0.25, 0.3) is 0 Å². The zero-order chi connectivity index (χ0) is 14.5. The van der Waals surface area contributed by atoms with Crippen LogP contribution in [0.25, 0.3) is 6.08 Å². The van der Waals surface area contributed by atoms with Gasteiger partial charge in [-0.1, -0.05) is 30.3 Å². The van der Waals surface area contributed by atoms with Crippen LogP contribution in [0, 0.1) is 0 Å². The Morgan fingerprint density at radius 2 is 1.85 bits per heavy atom. The number of hydrogen-bond donors (Lipinski definition) is 1. The van der Waals surface area contributed by atoms with Gasteiger partial charge >= 0.3 is 5.97 Å². The Hall–Kier alpha value is -2.27. The number of benzene rings is 1. The molecule has 100 valence electrons. The summed E-state index contributed by atoms with van der Waals surface area (Å²) in [6.07, 6.45) is 4.39. The second-order valence-corrected chi connectivity index (χ2v) is 4.91. The van der Waals surface area contributed by atoms with Gasteiger partial charge in [-0.3, -0.25) is 9.78 Å². The summed E-state index contributed by atoms with van der Waals surface area (Å²) >= 11 is 3.25. The minimum absolute atomic E-state index is 0.295. The third-order valence-corrected chi connectivity index (χ3v) is 2.98. The molecule has 0 fully saturated rings. The second kappa shape index (κ2) is 6.25. The van der Waals surface area contributed by atoms with Crippen LogP contribution >= 0.6 is 15.9 Å². The lowest BCUT2D eigenvalue weighted by Crippen LogP contribution is -2.12. The van der Waals surface area contributed by atoms with E-state index in [1.807, 2.05) is 0 Å². The van der Waals surface area contributed by atoms with Crippen LogP contribution in [-0.4, -0.2) is 21.8 Å². The number of carboxylic acids is 1. The number of aromatic nitrogens is 1. The minimum atomic E-state index is -1.26. The maximum absolute atomic E-state index is 12.2. The topological polar surface area (TPSA) is 67.3 Å². The summed E-state index contributed by atoms with van der Waals surface area (Å²) in [5.41, 5.74) is 0.585. The molecule has 0 atom stereocenters. The van der Waals surface area contributed by atoms with Gasteiger partial charge < -0.3 is 5.11 Å². The number of nitrogens with zero attached hydrogens (tertiary/aromatic N) is 1. The fourth-order valence-electron chi connectivity index (χ4n) is 1.64. The van der Waals surface area contributed by atoms with Crippen LogP contribution in [0.5, 0.6) is 0 Å². The standard InChI is InChI=1S/C15H10BrNO3/c16-12-6-10(8-17-9-12)7-13(15(19)20)14(18)11-4-2-1-3-5-11/h1-9H,(H,19,20)/b13-7-. The average Bonchev–Trinajstić information content (AvgIpc) is 2.45. The Balaban J connectivity index is 2.42. The van der Waals surface area contributed by atoms with Crippen molar-refractivity contribution >= 4 is 33.8 Å². The number of carbonyl (C=O) groups excluding carboxylic acids is 1. The van der Waals surface area contributed by atoms with Crippen molar-refractivity contribution in [3.05, 3.63) is 70.0 Å². The molecule has 0 saturated carbocycles. The molecule has 1 aromatic heterocycles. The number of rotatable bonds is 4. The van der Waals surface area contributed by atoms with Gasteiger partial charge in [0.1, 0.15) is 5.57 Å². The molecule has 1 N–H and O–H groups in total. The number of carboxylic acid groups (broad SMARTS) is 1. The monoisotopic (exact) mass is 331 g/mol. The van der Waals surface area contributed by atoms with Crippen LogP contribution < -0.4 is 0 Å². The van der Waals surface area contributed by atoms with Crippen LogP contribution in [0.15, 0.2) is 58.8 Å². The number of pyridine rings is 1. The molecular weight excluding hydrogens is 322 g/mol. The molecule has 0 spiro atoms. The molecule has 0 unspecified atom stereocenters. The van der Waals surface area contributed by atoms with E-state index in [0.29, 0.717) is 15.6 Å². The molecule has 0 amide bonds. The Kier molecular flexibility index (Phi) is 4.42. The smallest absolute Gasteiger partial charge is 0.339 e. The zero-order valence-corrected chi connectivity index (χ0v) is 11.9. The summed E-state index contributed by atoms with van der Waals surface area (Å²) in [5, 5.41) is 9.21. The lowest BCUT2D eigenvalue weighted by molar-refractivity contribution is -0.132. The summed E-state index contributed by atoms with van der Waals surface area (Å²) in [5.74, 6) is -1.79. The van der Waals surface area contributed by atoms with Crippen molar-refractivity contribution < 1.29 is 14.7 Å². The normalized spacial score (nSPS) is 11.2. The molecule has 0 aliphatic rings. The second-order valence-electron chi connectivity index (χ2n) is 3.99. The van der Waals surface area contributed by atoms with E-state index < -0.39 is 11.8 Å². The van der Waals surface area contributed by atoms with E-state index >= 15 is 0 Å². The molecule has 0 aliphatic heterocycles. The number of hydrogen-bond acceptors (Lipinski definition) is 3. The van der Waals surface area contributed by atoms with Crippen LogP contribution in [0.1, 0.15) is 15.9 Å². The Bertz CT molecular complexity index is 681. The van der Waals surface area contributed by atoms with Crippen molar-refractivity contribution in [2.75, 3.05) is 0 Å². The molecule has 4 nitrogen and oxygen atoms in total. The molecule has 1 aromatic carbocycles. The van der Waals surface area contributed by atoms with Crippen LogP contribution in [0.4, 0.5) is 0 Å². The lowest BCUT2D eigenvalue weighted by Gasteiger charge is -2.02. The van der Waals surface area contributed by atoms with E-state index in [0.717, 1.165) is 0 Å². The number of ketones is 1. The third-order valence-electron chi connectivity index (χ3n) is 2.55. The van der Waals surface area contributed by atoms with E-state index in [4.69, 9.17) is 0 Å². The first-order chi connectivity index (χ1) is 9.58. The highest BCUT2D eigenvalue weighted by Crippen LogP contribution is 2.16. The summed E-state index contributed by atoms with van der Waals surface area (Å²) in [6, 6.07) is 9.99. The van der Waals surface area contributed by atoms with Crippen molar-refractivity contribution in [1.82, 2.24) is 4.98 Å². The van der Waals surface area contributed by atoms with Crippen molar-refractivity contribution in [2.24, 2.45) is 0 Å². The van der Waals surface area contributed by atoms with Gasteiger partial charge in [0.15, 0.2) is 5.78 Å². The summed E-state index contributed by atoms with van der Waals surface area (Å²) < 4.78 is 0.711. The molecule has 2 rings (SSSR count). The van der Waals surface area contributed by atoms with Gasteiger partial charge in [-0.2, -0.15) is 0 Å². The largest absolute Gasteiger partial charge is 0.478 e. The molecule has 0 radical (unpaired) electrons. The highest BCUT2D eigenvalue weighted by atomic mass is 79.9. The Morgan fingerprint density at radius 1 is 1.15 bits per heavy atom. The van der Waals surface area contributed by atoms with E-state index in [2.05, 4.69) is 20.9 Å². The van der Waals surface area contributed by atoms with Crippen LogP contribution in [-0.2, 0) is 4.79 Å². The first kappa shape index (κ1) is 14.1. The van der Waals surface area contributed by atoms with E-state index in [1.54, 1.807) is 42.6 Å². The number of Topliss-reactive ketones (excluding diaryl/α,β-unsaturated/α-hetero) is 1. The molecule has 1 heterocycles. The van der Waals surface area contributed by atoms with E-state index in [9.17, 15) is 14.7 Å². The van der Waals surface area contributed by atoms with E-state index in [1.165, 1.54) is 12.3 Å². The maximum Gasteiger partial charge on any atom is 0.339 e. The van der Waals surface area contributed by atoms with Crippen molar-refractivity contribution in [3.8, 4) is 0 Å². The van der Waals surface area contributed by atoms with Crippen molar-refractivity contribution in [2.45, 2.75) is 0 Å². The molecule has 5 heteroatoms. The number of halogens is 1. The van der Waals surface area contributed by atoms with Gasteiger partial charge in [-0.25, -0.2) is 4.79 Å². The molecule has 0 bridgehead atoms. The van der Waals surface area contributed by atoms with Crippen molar-refractivity contribution in [3.63, 3.8) is 0 Å². The van der Waals surface area contributed by atoms with Gasteiger partial charge in [0.2, 0.25) is 0 Å². The van der Waals surface area contributed by atoms with Gasteiger partial charge in [0, 0.05) is 22.4 Å². The zero-order valence-electron chi connectivity index (χ0n) is 10.3. The third kappa shape index (κ3) is 3.39. The molecular formula is C15H10BrNO3. The number of aliphatic carboxylic acids is 1. The minimum Gasteiger partial charge on any atom is -0.478 e. The van der Waals surface area contributed by atoms with Gasteiger partial charge in [-0.05, 0) is 33.6 Å². The SMILES string of the molecule is O=C(O)/C(=C\c1cncc(Br)c1)C(=O)c1ccccc1. The first-order valence-corrected chi connectivity index (χ1v) is 6.52. The predicted octanol–water partition coefficient (Wildman–Crippen LogP) is 3.20.